The molecule has 1 N–H and O–H groups in total. The van der Waals surface area contributed by atoms with Gasteiger partial charge >= 0.3 is 0 Å². The third kappa shape index (κ3) is 3.97. The van der Waals surface area contributed by atoms with E-state index in [4.69, 9.17) is 4.74 Å². The number of benzene rings is 2. The number of ether oxygens (including phenoxy) is 1. The molecule has 0 radical (unpaired) electrons. The molecule has 3 heterocycles. The van der Waals surface area contributed by atoms with Crippen LogP contribution in [0.5, 0.6) is 5.75 Å². The fourth-order valence-corrected chi connectivity index (χ4v) is 6.23. The second kappa shape index (κ2) is 8.84. The summed E-state index contributed by atoms with van der Waals surface area (Å²) in [6.07, 6.45) is 3.26. The van der Waals surface area contributed by atoms with Gasteiger partial charge in [-0.15, -0.1) is 0 Å². The van der Waals surface area contributed by atoms with Gasteiger partial charge in [0.15, 0.2) is 0 Å². The van der Waals surface area contributed by atoms with E-state index >= 15 is 0 Å². The van der Waals surface area contributed by atoms with Gasteiger partial charge in [-0.3, -0.25) is 14.2 Å². The van der Waals surface area contributed by atoms with Gasteiger partial charge in [0, 0.05) is 37.3 Å². The molecule has 2 aromatic carbocycles. The van der Waals surface area contributed by atoms with Crippen molar-refractivity contribution < 1.29 is 17.9 Å². The van der Waals surface area contributed by atoms with Crippen molar-refractivity contribution in [3.05, 3.63) is 58.1 Å². The van der Waals surface area contributed by atoms with Gasteiger partial charge in [0.05, 0.1) is 17.5 Å². The second-order valence-corrected chi connectivity index (χ2v) is 10.4. The molecule has 1 amide bonds. The normalized spacial score (nSPS) is 16.0. The summed E-state index contributed by atoms with van der Waals surface area (Å²) in [5.41, 5.74) is 1.07. The molecule has 2 aliphatic rings. The van der Waals surface area contributed by atoms with E-state index in [1.165, 1.54) is 10.4 Å². The molecule has 34 heavy (non-hydrogen) atoms. The molecule has 5 rings (SSSR count). The summed E-state index contributed by atoms with van der Waals surface area (Å²) in [4.78, 5) is 30.3. The van der Waals surface area contributed by atoms with Gasteiger partial charge in [-0.05, 0) is 62.6 Å². The Balaban J connectivity index is 1.46. The first-order valence-electron chi connectivity index (χ1n) is 11.5. The predicted octanol–water partition coefficient (Wildman–Crippen LogP) is 2.78. The minimum Gasteiger partial charge on any atom is -0.492 e. The Kier molecular flexibility index (Phi) is 5.86. The molecule has 1 aromatic heterocycles. The fourth-order valence-electron chi connectivity index (χ4n) is 4.56. The molecule has 0 bridgehead atoms. The number of nitrogens with one attached hydrogen (secondary N) is 1. The number of carbonyl (C=O) groups excluding carboxylic acids is 1. The first-order valence-corrected chi connectivity index (χ1v) is 12.9. The number of fused-ring (bicyclic) bond motifs is 2. The molecule has 2 aliphatic heterocycles. The molecule has 1 fully saturated rings. The maximum absolute atomic E-state index is 13.2. The first kappa shape index (κ1) is 22.5. The predicted molar refractivity (Wildman–Crippen MR) is 128 cm³/mol. The SMILES string of the molecule is CCOc1ccc(NC(=O)c2ccc3c(=O)n4c(nc3c2)CCC4)cc1S(=O)(=O)N1CCCC1. The van der Waals surface area contributed by atoms with Gasteiger partial charge in [0.25, 0.3) is 11.5 Å². The van der Waals surface area contributed by atoms with Crippen LogP contribution in [0.1, 0.15) is 42.4 Å². The summed E-state index contributed by atoms with van der Waals surface area (Å²) in [6, 6.07) is 9.42. The number of carbonyl (C=O) groups is 1. The van der Waals surface area contributed by atoms with Crippen LogP contribution in [0.2, 0.25) is 0 Å². The highest BCUT2D eigenvalue weighted by molar-refractivity contribution is 7.89. The smallest absolute Gasteiger partial charge is 0.261 e. The highest BCUT2D eigenvalue weighted by Crippen LogP contribution is 2.32. The Hall–Kier alpha value is -3.24. The average molecular weight is 483 g/mol. The van der Waals surface area contributed by atoms with E-state index in [1.54, 1.807) is 41.8 Å². The van der Waals surface area contributed by atoms with Gasteiger partial charge < -0.3 is 10.1 Å². The standard InChI is InChI=1S/C24H26N4O5S/c1-2-33-20-10-8-17(15-21(20)34(31,32)27-11-3-4-12-27)25-23(29)16-7-9-18-19(14-16)26-22-6-5-13-28(22)24(18)30/h7-10,14-15H,2-6,11-13H2,1H3,(H,25,29). The Morgan fingerprint density at radius 1 is 1.09 bits per heavy atom. The molecule has 0 saturated carbocycles. The summed E-state index contributed by atoms with van der Waals surface area (Å²) in [5, 5.41) is 3.25. The van der Waals surface area contributed by atoms with E-state index in [9.17, 15) is 18.0 Å². The number of hydrogen-bond donors (Lipinski definition) is 1. The lowest BCUT2D eigenvalue weighted by Crippen LogP contribution is -2.28. The Morgan fingerprint density at radius 2 is 1.88 bits per heavy atom. The van der Waals surface area contributed by atoms with E-state index in [-0.39, 0.29) is 16.2 Å². The van der Waals surface area contributed by atoms with Gasteiger partial charge in [0.1, 0.15) is 16.5 Å². The summed E-state index contributed by atoms with van der Waals surface area (Å²) in [5.74, 6) is 0.577. The van der Waals surface area contributed by atoms with Crippen LogP contribution in [0.25, 0.3) is 10.9 Å². The van der Waals surface area contributed by atoms with E-state index in [0.29, 0.717) is 48.4 Å². The summed E-state index contributed by atoms with van der Waals surface area (Å²) in [6.45, 7) is 3.72. The highest BCUT2D eigenvalue weighted by Gasteiger charge is 2.30. The van der Waals surface area contributed by atoms with Crippen molar-refractivity contribution in [2.24, 2.45) is 0 Å². The van der Waals surface area contributed by atoms with Gasteiger partial charge in [-0.2, -0.15) is 4.31 Å². The molecule has 0 unspecified atom stereocenters. The number of hydrogen-bond acceptors (Lipinski definition) is 6. The molecule has 0 aliphatic carbocycles. The summed E-state index contributed by atoms with van der Waals surface area (Å²) < 4.78 is 35.1. The van der Waals surface area contributed by atoms with Crippen molar-refractivity contribution in [1.82, 2.24) is 13.9 Å². The average Bonchev–Trinajstić information content (AvgIpc) is 3.53. The molecular weight excluding hydrogens is 456 g/mol. The second-order valence-electron chi connectivity index (χ2n) is 8.48. The van der Waals surface area contributed by atoms with Crippen LogP contribution in [0, 0.1) is 0 Å². The minimum absolute atomic E-state index is 0.0396. The van der Waals surface area contributed by atoms with Crippen molar-refractivity contribution in [2.75, 3.05) is 25.0 Å². The topological polar surface area (TPSA) is 111 Å². The summed E-state index contributed by atoms with van der Waals surface area (Å²) >= 11 is 0. The number of rotatable bonds is 6. The lowest BCUT2D eigenvalue weighted by atomic mass is 10.1. The minimum atomic E-state index is -3.74. The van der Waals surface area contributed by atoms with E-state index in [0.717, 1.165) is 31.5 Å². The van der Waals surface area contributed by atoms with Crippen molar-refractivity contribution in [2.45, 2.75) is 44.0 Å². The van der Waals surface area contributed by atoms with Crippen molar-refractivity contribution in [3.8, 4) is 5.75 Å². The van der Waals surface area contributed by atoms with Crippen LogP contribution >= 0.6 is 0 Å². The van der Waals surface area contributed by atoms with Gasteiger partial charge in [-0.1, -0.05) is 0 Å². The van der Waals surface area contributed by atoms with Crippen LogP contribution < -0.4 is 15.6 Å². The maximum atomic E-state index is 13.2. The molecule has 3 aromatic rings. The summed E-state index contributed by atoms with van der Waals surface area (Å²) in [7, 11) is -3.74. The fraction of sp³-hybridized carbons (Fsp3) is 0.375. The Labute approximate surface area is 197 Å². The Bertz CT molecular complexity index is 1440. The van der Waals surface area contributed by atoms with Crippen molar-refractivity contribution >= 4 is 32.5 Å². The number of nitrogens with zero attached hydrogens (tertiary/aromatic N) is 3. The zero-order valence-electron chi connectivity index (χ0n) is 18.9. The van der Waals surface area contributed by atoms with E-state index in [1.807, 2.05) is 0 Å². The van der Waals surface area contributed by atoms with Gasteiger partial charge in [0.2, 0.25) is 10.0 Å². The highest BCUT2D eigenvalue weighted by atomic mass is 32.2. The van der Waals surface area contributed by atoms with Crippen LogP contribution in [-0.2, 0) is 23.0 Å². The van der Waals surface area contributed by atoms with Crippen LogP contribution in [0.15, 0.2) is 46.1 Å². The maximum Gasteiger partial charge on any atom is 0.261 e. The van der Waals surface area contributed by atoms with Crippen molar-refractivity contribution in [1.29, 1.82) is 0 Å². The number of anilines is 1. The zero-order valence-corrected chi connectivity index (χ0v) is 19.7. The Morgan fingerprint density at radius 3 is 2.65 bits per heavy atom. The largest absolute Gasteiger partial charge is 0.492 e. The molecule has 0 spiro atoms. The molecule has 1 saturated heterocycles. The zero-order chi connectivity index (χ0) is 23.9. The number of amides is 1. The van der Waals surface area contributed by atoms with Crippen LogP contribution in [0.4, 0.5) is 5.69 Å². The third-order valence-electron chi connectivity index (χ3n) is 6.26. The monoisotopic (exact) mass is 482 g/mol. The number of aromatic nitrogens is 2. The molecular formula is C24H26N4O5S. The third-order valence-corrected chi connectivity index (χ3v) is 8.18. The number of aryl methyl sites for hydroxylation is 1. The molecule has 0 atom stereocenters. The molecule has 9 nitrogen and oxygen atoms in total. The van der Waals surface area contributed by atoms with Gasteiger partial charge in [-0.25, -0.2) is 13.4 Å². The van der Waals surface area contributed by atoms with Crippen LogP contribution in [0.3, 0.4) is 0 Å². The lowest BCUT2D eigenvalue weighted by molar-refractivity contribution is 0.102. The van der Waals surface area contributed by atoms with Crippen LogP contribution in [-0.4, -0.2) is 47.9 Å². The first-order chi connectivity index (χ1) is 16.4. The van der Waals surface area contributed by atoms with E-state index in [2.05, 4.69) is 10.3 Å². The molecule has 10 heteroatoms. The van der Waals surface area contributed by atoms with Crippen molar-refractivity contribution in [3.63, 3.8) is 0 Å². The lowest BCUT2D eigenvalue weighted by Gasteiger charge is -2.19. The van der Waals surface area contributed by atoms with E-state index < -0.39 is 15.9 Å². The number of sulfonamides is 1. The quantitative estimate of drug-likeness (QED) is 0.579. The molecule has 178 valence electrons.